The highest BCUT2D eigenvalue weighted by molar-refractivity contribution is 7.15. The molecular weight excluding hydrogens is 326 g/mol. The van der Waals surface area contributed by atoms with Gasteiger partial charge in [-0.25, -0.2) is 4.98 Å². The van der Waals surface area contributed by atoms with Crippen molar-refractivity contribution in [2.45, 2.75) is 20.0 Å². The molecule has 0 amide bonds. The van der Waals surface area contributed by atoms with E-state index in [4.69, 9.17) is 4.74 Å². The molecule has 23 heavy (non-hydrogen) atoms. The Hall–Kier alpha value is -2.18. The van der Waals surface area contributed by atoms with Crippen molar-refractivity contribution in [2.75, 3.05) is 5.43 Å². The van der Waals surface area contributed by atoms with Gasteiger partial charge in [-0.1, -0.05) is 18.2 Å². The van der Waals surface area contributed by atoms with Crippen LogP contribution in [0.25, 0.3) is 10.6 Å². The summed E-state index contributed by atoms with van der Waals surface area (Å²) in [4.78, 5) is 5.68. The minimum absolute atomic E-state index is 0.159. The number of benzene rings is 1. The van der Waals surface area contributed by atoms with Crippen molar-refractivity contribution in [3.05, 3.63) is 52.7 Å². The lowest BCUT2D eigenvalue weighted by atomic mass is 10.2. The van der Waals surface area contributed by atoms with Gasteiger partial charge in [0, 0.05) is 5.38 Å². The molecule has 0 radical (unpaired) electrons. The molecule has 118 valence electrons. The number of aromatic nitrogens is 1. The van der Waals surface area contributed by atoms with Crippen LogP contribution < -0.4 is 10.2 Å². The van der Waals surface area contributed by atoms with Crippen molar-refractivity contribution < 1.29 is 4.74 Å². The molecule has 3 aromatic rings. The predicted octanol–water partition coefficient (Wildman–Crippen LogP) is 5.10. The monoisotopic (exact) mass is 343 g/mol. The van der Waals surface area contributed by atoms with Crippen LogP contribution in [-0.4, -0.2) is 17.3 Å². The molecular formula is C17H17N3OS2. The van der Waals surface area contributed by atoms with Gasteiger partial charge < -0.3 is 4.74 Å². The average molecular weight is 343 g/mol. The molecule has 2 heterocycles. The first-order valence-corrected chi connectivity index (χ1v) is 9.02. The molecule has 0 spiro atoms. The lowest BCUT2D eigenvalue weighted by Crippen LogP contribution is -2.05. The van der Waals surface area contributed by atoms with Crippen molar-refractivity contribution in [1.82, 2.24) is 4.98 Å². The van der Waals surface area contributed by atoms with Crippen molar-refractivity contribution in [3.8, 4) is 16.3 Å². The van der Waals surface area contributed by atoms with Gasteiger partial charge in [-0.2, -0.15) is 5.10 Å². The van der Waals surface area contributed by atoms with E-state index in [9.17, 15) is 0 Å². The summed E-state index contributed by atoms with van der Waals surface area (Å²) in [6.45, 7) is 4.02. The van der Waals surface area contributed by atoms with Gasteiger partial charge in [-0.05, 0) is 43.0 Å². The van der Waals surface area contributed by atoms with Crippen LogP contribution in [-0.2, 0) is 0 Å². The Balaban J connectivity index is 1.63. The smallest absolute Gasteiger partial charge is 0.203 e. The van der Waals surface area contributed by atoms with E-state index in [2.05, 4.69) is 21.6 Å². The summed E-state index contributed by atoms with van der Waals surface area (Å²) in [7, 11) is 0. The molecule has 1 N–H and O–H groups in total. The highest BCUT2D eigenvalue weighted by Gasteiger charge is 2.04. The van der Waals surface area contributed by atoms with Gasteiger partial charge in [0.25, 0.3) is 0 Å². The number of ether oxygens (including phenoxy) is 1. The molecule has 6 heteroatoms. The topological polar surface area (TPSA) is 46.5 Å². The molecule has 3 rings (SSSR count). The Morgan fingerprint density at radius 2 is 2.13 bits per heavy atom. The van der Waals surface area contributed by atoms with Crippen LogP contribution in [0.5, 0.6) is 5.75 Å². The first kappa shape index (κ1) is 15.7. The van der Waals surface area contributed by atoms with Gasteiger partial charge in [-0.3, -0.25) is 5.43 Å². The number of rotatable bonds is 6. The number of nitrogens with zero attached hydrogens (tertiary/aromatic N) is 2. The lowest BCUT2D eigenvalue weighted by Gasteiger charge is -2.09. The van der Waals surface area contributed by atoms with Crippen LogP contribution in [0.2, 0.25) is 0 Å². The Labute approximate surface area is 143 Å². The molecule has 0 bridgehead atoms. The van der Waals surface area contributed by atoms with Crippen molar-refractivity contribution in [2.24, 2.45) is 5.10 Å². The molecule has 2 aromatic heterocycles. The Kier molecular flexibility index (Phi) is 5.05. The summed E-state index contributed by atoms with van der Waals surface area (Å²) in [5, 5.41) is 9.10. The van der Waals surface area contributed by atoms with E-state index in [1.165, 1.54) is 0 Å². The summed E-state index contributed by atoms with van der Waals surface area (Å²) in [6, 6.07) is 11.9. The van der Waals surface area contributed by atoms with E-state index in [1.807, 2.05) is 54.9 Å². The van der Waals surface area contributed by atoms with Gasteiger partial charge in [0.15, 0.2) is 0 Å². The molecule has 0 aliphatic carbocycles. The molecule has 0 unspecified atom stereocenters. The van der Waals surface area contributed by atoms with E-state index in [-0.39, 0.29) is 6.10 Å². The Morgan fingerprint density at radius 1 is 1.22 bits per heavy atom. The number of nitrogens with one attached hydrogen (secondary N) is 1. The summed E-state index contributed by atoms with van der Waals surface area (Å²) < 4.78 is 5.67. The molecule has 1 aromatic carbocycles. The third-order valence-corrected chi connectivity index (χ3v) is 4.52. The number of hydrogen-bond donors (Lipinski definition) is 1. The van der Waals surface area contributed by atoms with Crippen LogP contribution in [0, 0.1) is 0 Å². The van der Waals surface area contributed by atoms with E-state index in [1.54, 1.807) is 28.9 Å². The maximum atomic E-state index is 5.67. The fraction of sp³-hybridized carbons (Fsp3) is 0.176. The van der Waals surface area contributed by atoms with Crippen molar-refractivity contribution >= 4 is 34.0 Å². The SMILES string of the molecule is CC(C)Oc1cccc(/C=N\Nc2nc(-c3cccs3)cs2)c1. The van der Waals surface area contributed by atoms with Crippen LogP contribution in [0.15, 0.2) is 52.3 Å². The predicted molar refractivity (Wildman–Crippen MR) is 98.8 cm³/mol. The number of thiophene rings is 1. The molecule has 0 aliphatic rings. The highest BCUT2D eigenvalue weighted by Crippen LogP contribution is 2.28. The quantitative estimate of drug-likeness (QED) is 0.500. The minimum atomic E-state index is 0.159. The van der Waals surface area contributed by atoms with E-state index >= 15 is 0 Å². The van der Waals surface area contributed by atoms with E-state index < -0.39 is 0 Å². The van der Waals surface area contributed by atoms with Gasteiger partial charge in [0.05, 0.1) is 22.9 Å². The fourth-order valence-corrected chi connectivity index (χ4v) is 3.39. The van der Waals surface area contributed by atoms with Gasteiger partial charge in [0.2, 0.25) is 5.13 Å². The van der Waals surface area contributed by atoms with Crippen molar-refractivity contribution in [1.29, 1.82) is 0 Å². The number of hydrazone groups is 1. The number of hydrogen-bond acceptors (Lipinski definition) is 6. The molecule has 0 aliphatic heterocycles. The van der Waals surface area contributed by atoms with Gasteiger partial charge in [-0.15, -0.1) is 22.7 Å². The van der Waals surface area contributed by atoms with Crippen LogP contribution in [0.4, 0.5) is 5.13 Å². The normalized spacial score (nSPS) is 11.3. The van der Waals surface area contributed by atoms with E-state index in [0.29, 0.717) is 0 Å². The largest absolute Gasteiger partial charge is 0.491 e. The van der Waals surface area contributed by atoms with Crippen LogP contribution >= 0.6 is 22.7 Å². The average Bonchev–Trinajstić information content (AvgIpc) is 3.18. The molecule has 0 atom stereocenters. The zero-order chi connectivity index (χ0) is 16.1. The lowest BCUT2D eigenvalue weighted by molar-refractivity contribution is 0.242. The maximum Gasteiger partial charge on any atom is 0.203 e. The summed E-state index contributed by atoms with van der Waals surface area (Å²) in [5.41, 5.74) is 4.94. The zero-order valence-corrected chi connectivity index (χ0v) is 14.5. The first-order valence-electron chi connectivity index (χ1n) is 7.26. The third kappa shape index (κ3) is 4.40. The minimum Gasteiger partial charge on any atom is -0.491 e. The molecule has 0 fully saturated rings. The highest BCUT2D eigenvalue weighted by atomic mass is 32.1. The Bertz CT molecular complexity index is 779. The summed E-state index contributed by atoms with van der Waals surface area (Å²) in [6.07, 6.45) is 1.92. The summed E-state index contributed by atoms with van der Waals surface area (Å²) >= 11 is 3.22. The third-order valence-electron chi connectivity index (χ3n) is 2.88. The van der Waals surface area contributed by atoms with Crippen molar-refractivity contribution in [3.63, 3.8) is 0 Å². The zero-order valence-electron chi connectivity index (χ0n) is 12.9. The Morgan fingerprint density at radius 3 is 2.91 bits per heavy atom. The summed E-state index contributed by atoms with van der Waals surface area (Å²) in [5.74, 6) is 0.846. The fourth-order valence-electron chi connectivity index (χ4n) is 1.96. The first-order chi connectivity index (χ1) is 11.2. The number of anilines is 1. The standard InChI is InChI=1S/C17H17N3OS2/c1-12(2)21-14-6-3-5-13(9-14)10-18-20-17-19-15(11-23-17)16-7-4-8-22-16/h3-12H,1-2H3,(H,19,20)/b18-10-. The number of thiazole rings is 1. The second-order valence-electron chi connectivity index (χ2n) is 5.12. The maximum absolute atomic E-state index is 5.67. The van der Waals surface area contributed by atoms with Crippen LogP contribution in [0.1, 0.15) is 19.4 Å². The molecule has 0 saturated carbocycles. The van der Waals surface area contributed by atoms with Crippen LogP contribution in [0.3, 0.4) is 0 Å². The van der Waals surface area contributed by atoms with Gasteiger partial charge >= 0.3 is 0 Å². The van der Waals surface area contributed by atoms with E-state index in [0.717, 1.165) is 27.0 Å². The molecule has 4 nitrogen and oxygen atoms in total. The van der Waals surface area contributed by atoms with Gasteiger partial charge in [0.1, 0.15) is 5.75 Å². The molecule has 0 saturated heterocycles. The second kappa shape index (κ2) is 7.39. The second-order valence-corrected chi connectivity index (χ2v) is 6.93.